The number of pyridine rings is 1. The van der Waals surface area contributed by atoms with Gasteiger partial charge < -0.3 is 25.6 Å². The Morgan fingerprint density at radius 3 is 2.56 bits per heavy atom. The van der Waals surface area contributed by atoms with Crippen LogP contribution in [-0.4, -0.2) is 57.9 Å². The SMILES string of the molecule is CC(C)S(=O)(=O)c1ccccc1Nc1nc(Nc2ccc(N3CCC(O)CC3)nc2)nc2cc[nH]c12. The Hall–Kier alpha value is -3.70. The summed E-state index contributed by atoms with van der Waals surface area (Å²) in [7, 11) is -3.50. The number of nitrogens with zero attached hydrogens (tertiary/aromatic N) is 4. The maximum Gasteiger partial charge on any atom is 0.229 e. The van der Waals surface area contributed by atoms with Crippen molar-refractivity contribution in [3.63, 3.8) is 0 Å². The molecule has 5 rings (SSSR count). The normalized spacial score (nSPS) is 14.9. The number of anilines is 5. The summed E-state index contributed by atoms with van der Waals surface area (Å²) in [4.78, 5) is 19.3. The van der Waals surface area contributed by atoms with Crippen LogP contribution in [-0.2, 0) is 9.84 Å². The number of aromatic amines is 1. The largest absolute Gasteiger partial charge is 0.393 e. The van der Waals surface area contributed by atoms with Crippen LogP contribution in [0, 0.1) is 0 Å². The highest BCUT2D eigenvalue weighted by atomic mass is 32.2. The Balaban J connectivity index is 1.41. The molecule has 4 N–H and O–H groups in total. The molecular weight excluding hydrogens is 478 g/mol. The molecule has 3 aromatic heterocycles. The van der Waals surface area contributed by atoms with Crippen molar-refractivity contribution in [3.05, 3.63) is 54.9 Å². The van der Waals surface area contributed by atoms with Gasteiger partial charge in [0.25, 0.3) is 0 Å². The predicted molar refractivity (Wildman–Crippen MR) is 141 cm³/mol. The minimum Gasteiger partial charge on any atom is -0.393 e. The van der Waals surface area contributed by atoms with E-state index in [1.807, 2.05) is 18.2 Å². The van der Waals surface area contributed by atoms with E-state index in [2.05, 4.69) is 35.5 Å². The van der Waals surface area contributed by atoms with E-state index in [4.69, 9.17) is 0 Å². The molecule has 0 atom stereocenters. The van der Waals surface area contributed by atoms with Crippen LogP contribution in [0.15, 0.2) is 59.8 Å². The molecule has 188 valence electrons. The zero-order chi connectivity index (χ0) is 25.3. The summed E-state index contributed by atoms with van der Waals surface area (Å²) in [5.41, 5.74) is 2.51. The Kier molecular flexibility index (Phi) is 6.50. The van der Waals surface area contributed by atoms with Gasteiger partial charge in [0.15, 0.2) is 15.7 Å². The zero-order valence-corrected chi connectivity index (χ0v) is 21.0. The molecule has 4 aromatic rings. The summed E-state index contributed by atoms with van der Waals surface area (Å²) in [5, 5.41) is 15.6. The summed E-state index contributed by atoms with van der Waals surface area (Å²) in [6.07, 6.45) is 4.73. The first-order valence-corrected chi connectivity index (χ1v) is 13.5. The van der Waals surface area contributed by atoms with Crippen molar-refractivity contribution in [1.82, 2.24) is 19.9 Å². The fraction of sp³-hybridized carbons (Fsp3) is 0.320. The van der Waals surface area contributed by atoms with E-state index < -0.39 is 15.1 Å². The second kappa shape index (κ2) is 9.75. The van der Waals surface area contributed by atoms with Gasteiger partial charge in [0.05, 0.1) is 39.3 Å². The van der Waals surface area contributed by atoms with Crippen molar-refractivity contribution < 1.29 is 13.5 Å². The van der Waals surface area contributed by atoms with Crippen LogP contribution < -0.4 is 15.5 Å². The van der Waals surface area contributed by atoms with E-state index in [0.29, 0.717) is 28.5 Å². The Labute approximate surface area is 209 Å². The Bertz CT molecular complexity index is 1460. The van der Waals surface area contributed by atoms with E-state index in [0.717, 1.165) is 37.4 Å². The monoisotopic (exact) mass is 507 g/mol. The second-order valence-corrected chi connectivity index (χ2v) is 11.6. The van der Waals surface area contributed by atoms with E-state index in [1.54, 1.807) is 50.5 Å². The van der Waals surface area contributed by atoms with Gasteiger partial charge in [-0.2, -0.15) is 4.98 Å². The molecule has 0 amide bonds. The highest BCUT2D eigenvalue weighted by Gasteiger charge is 2.23. The molecule has 0 bridgehead atoms. The molecule has 1 saturated heterocycles. The maximum absolute atomic E-state index is 12.9. The molecule has 0 spiro atoms. The molecule has 0 unspecified atom stereocenters. The van der Waals surface area contributed by atoms with Crippen LogP contribution in [0.2, 0.25) is 0 Å². The minimum absolute atomic E-state index is 0.220. The van der Waals surface area contributed by atoms with Crippen molar-refractivity contribution >= 4 is 49.8 Å². The number of aliphatic hydroxyl groups is 1. The lowest BCUT2D eigenvalue weighted by Crippen LogP contribution is -2.36. The molecule has 1 aromatic carbocycles. The summed E-state index contributed by atoms with van der Waals surface area (Å²) in [6.45, 7) is 4.88. The number of nitrogens with one attached hydrogen (secondary N) is 3. The first kappa shape index (κ1) is 24.0. The van der Waals surface area contributed by atoms with Crippen molar-refractivity contribution in [2.75, 3.05) is 28.6 Å². The Morgan fingerprint density at radius 2 is 1.83 bits per heavy atom. The number of hydrogen-bond donors (Lipinski definition) is 4. The van der Waals surface area contributed by atoms with Gasteiger partial charge >= 0.3 is 0 Å². The van der Waals surface area contributed by atoms with Crippen molar-refractivity contribution in [3.8, 4) is 0 Å². The van der Waals surface area contributed by atoms with E-state index in [1.165, 1.54) is 0 Å². The summed E-state index contributed by atoms with van der Waals surface area (Å²) in [5.74, 6) is 1.67. The van der Waals surface area contributed by atoms with Crippen LogP contribution in [0.1, 0.15) is 26.7 Å². The highest BCUT2D eigenvalue weighted by molar-refractivity contribution is 7.92. The molecule has 0 aliphatic carbocycles. The van der Waals surface area contributed by atoms with Crippen LogP contribution in [0.4, 0.5) is 29.0 Å². The maximum atomic E-state index is 12.9. The molecular formula is C25H29N7O3S. The number of sulfone groups is 1. The van der Waals surface area contributed by atoms with Crippen molar-refractivity contribution in [2.45, 2.75) is 42.9 Å². The number of hydrogen-bond acceptors (Lipinski definition) is 9. The first-order valence-electron chi connectivity index (χ1n) is 11.9. The van der Waals surface area contributed by atoms with Crippen LogP contribution in [0.25, 0.3) is 11.0 Å². The molecule has 11 heteroatoms. The summed E-state index contributed by atoms with van der Waals surface area (Å²) in [6, 6.07) is 12.5. The predicted octanol–water partition coefficient (Wildman–Crippen LogP) is 3.98. The van der Waals surface area contributed by atoms with Gasteiger partial charge in [-0.15, -0.1) is 0 Å². The third kappa shape index (κ3) is 4.84. The van der Waals surface area contributed by atoms with Crippen molar-refractivity contribution in [2.24, 2.45) is 0 Å². The number of H-pyrrole nitrogens is 1. The van der Waals surface area contributed by atoms with Gasteiger partial charge in [-0.3, -0.25) is 0 Å². The molecule has 0 saturated carbocycles. The lowest BCUT2D eigenvalue weighted by molar-refractivity contribution is 0.145. The van der Waals surface area contributed by atoms with Gasteiger partial charge in [0.2, 0.25) is 5.95 Å². The number of piperidine rings is 1. The highest BCUT2D eigenvalue weighted by Crippen LogP contribution is 2.30. The Morgan fingerprint density at radius 1 is 1.06 bits per heavy atom. The van der Waals surface area contributed by atoms with Crippen LogP contribution >= 0.6 is 0 Å². The van der Waals surface area contributed by atoms with Crippen LogP contribution in [0.3, 0.4) is 0 Å². The number of aromatic nitrogens is 4. The molecule has 0 radical (unpaired) electrons. The average Bonchev–Trinajstić information content (AvgIpc) is 3.34. The number of aliphatic hydroxyl groups excluding tert-OH is 1. The number of rotatable bonds is 7. The van der Waals surface area contributed by atoms with Gasteiger partial charge in [-0.1, -0.05) is 12.1 Å². The standard InChI is InChI=1S/C25H29N7O3S/c1-16(2)36(34,35)21-6-4-3-5-19(21)29-24-23-20(9-12-26-23)30-25(31-24)28-17-7-8-22(27-15-17)32-13-10-18(33)11-14-32/h3-9,12,15-16,18,26,33H,10-11,13-14H2,1-2H3,(H2,28,29,30,31). The minimum atomic E-state index is -3.50. The van der Waals surface area contributed by atoms with Gasteiger partial charge in [-0.05, 0) is 57.0 Å². The van der Waals surface area contributed by atoms with E-state index in [-0.39, 0.29) is 11.0 Å². The first-order chi connectivity index (χ1) is 17.3. The lowest BCUT2D eigenvalue weighted by atomic mass is 10.1. The van der Waals surface area contributed by atoms with Gasteiger partial charge in [-0.25, -0.2) is 18.4 Å². The second-order valence-electron chi connectivity index (χ2n) is 9.10. The molecule has 36 heavy (non-hydrogen) atoms. The van der Waals surface area contributed by atoms with Crippen LogP contribution in [0.5, 0.6) is 0 Å². The zero-order valence-electron chi connectivity index (χ0n) is 20.1. The van der Waals surface area contributed by atoms with E-state index in [9.17, 15) is 13.5 Å². The van der Waals surface area contributed by atoms with Crippen molar-refractivity contribution in [1.29, 1.82) is 0 Å². The molecule has 1 aliphatic rings. The fourth-order valence-corrected chi connectivity index (χ4v) is 5.36. The van der Waals surface area contributed by atoms with E-state index >= 15 is 0 Å². The van der Waals surface area contributed by atoms with Gasteiger partial charge in [0, 0.05) is 19.3 Å². The topological polar surface area (TPSA) is 136 Å². The number of para-hydroxylation sites is 1. The lowest BCUT2D eigenvalue weighted by Gasteiger charge is -2.30. The fourth-order valence-electron chi connectivity index (χ4n) is 4.16. The smallest absolute Gasteiger partial charge is 0.229 e. The summed E-state index contributed by atoms with van der Waals surface area (Å²) < 4.78 is 25.8. The molecule has 4 heterocycles. The molecule has 10 nitrogen and oxygen atoms in total. The third-order valence-corrected chi connectivity index (χ3v) is 8.48. The third-order valence-electron chi connectivity index (χ3n) is 6.27. The average molecular weight is 508 g/mol. The summed E-state index contributed by atoms with van der Waals surface area (Å²) >= 11 is 0. The molecule has 1 fully saturated rings. The number of fused-ring (bicyclic) bond motifs is 1. The quantitative estimate of drug-likeness (QED) is 0.293. The number of benzene rings is 1. The van der Waals surface area contributed by atoms with Gasteiger partial charge in [0.1, 0.15) is 11.3 Å². The molecule has 1 aliphatic heterocycles.